The second kappa shape index (κ2) is 4.98. The highest BCUT2D eigenvalue weighted by Gasteiger charge is 2.01. The summed E-state index contributed by atoms with van der Waals surface area (Å²) in [6.07, 6.45) is 1.81. The van der Waals surface area contributed by atoms with E-state index in [2.05, 4.69) is 22.4 Å². The number of phenolic OH excluding ortho intramolecular Hbond substituents is 1. The number of benzene rings is 2. The number of pyridine rings is 1. The lowest BCUT2D eigenvalue weighted by molar-refractivity contribution is 0.475. The first-order chi connectivity index (χ1) is 9.33. The summed E-state index contributed by atoms with van der Waals surface area (Å²) < 4.78 is 0. The number of aromatic hydroxyl groups is 1. The molecule has 0 unspecified atom stereocenters. The second-order valence-corrected chi connectivity index (χ2v) is 4.40. The summed E-state index contributed by atoms with van der Waals surface area (Å²) in [5.74, 6) is 1.17. The molecule has 3 heteroatoms. The van der Waals surface area contributed by atoms with E-state index in [1.165, 1.54) is 5.39 Å². The van der Waals surface area contributed by atoms with Crippen molar-refractivity contribution in [3.05, 3.63) is 66.4 Å². The molecule has 0 aliphatic rings. The third-order valence-electron chi connectivity index (χ3n) is 3.07. The van der Waals surface area contributed by atoms with E-state index in [1.54, 1.807) is 12.1 Å². The molecule has 0 aliphatic heterocycles. The van der Waals surface area contributed by atoms with Gasteiger partial charge < -0.3 is 10.4 Å². The summed E-state index contributed by atoms with van der Waals surface area (Å²) in [6.45, 7) is 0.682. The fraction of sp³-hybridized carbons (Fsp3) is 0.0625. The van der Waals surface area contributed by atoms with Crippen molar-refractivity contribution in [1.82, 2.24) is 4.98 Å². The van der Waals surface area contributed by atoms with Crippen LogP contribution < -0.4 is 5.32 Å². The minimum absolute atomic E-state index is 0.284. The van der Waals surface area contributed by atoms with Gasteiger partial charge in [0.25, 0.3) is 0 Å². The van der Waals surface area contributed by atoms with Gasteiger partial charge in [0.1, 0.15) is 11.6 Å². The molecule has 2 N–H and O–H groups in total. The predicted octanol–water partition coefficient (Wildman–Crippen LogP) is 3.55. The normalized spacial score (nSPS) is 10.5. The molecule has 0 aliphatic carbocycles. The van der Waals surface area contributed by atoms with Crippen LogP contribution in [0.5, 0.6) is 5.75 Å². The summed E-state index contributed by atoms with van der Waals surface area (Å²) in [5, 5.41) is 14.9. The highest BCUT2D eigenvalue weighted by molar-refractivity contribution is 5.91. The monoisotopic (exact) mass is 250 g/mol. The Hall–Kier alpha value is -2.55. The van der Waals surface area contributed by atoms with Gasteiger partial charge in [-0.2, -0.15) is 0 Å². The number of hydrogen-bond acceptors (Lipinski definition) is 3. The van der Waals surface area contributed by atoms with E-state index in [0.717, 1.165) is 16.8 Å². The van der Waals surface area contributed by atoms with E-state index in [-0.39, 0.29) is 5.75 Å². The average molecular weight is 250 g/mol. The third kappa shape index (κ3) is 2.50. The van der Waals surface area contributed by atoms with Crippen LogP contribution in [0.3, 0.4) is 0 Å². The first kappa shape index (κ1) is 11.5. The van der Waals surface area contributed by atoms with Gasteiger partial charge in [0.15, 0.2) is 0 Å². The molecule has 3 nitrogen and oxygen atoms in total. The Morgan fingerprint density at radius 2 is 1.74 bits per heavy atom. The molecule has 0 saturated heterocycles. The number of fused-ring (bicyclic) bond motifs is 1. The van der Waals surface area contributed by atoms with Gasteiger partial charge in [0.2, 0.25) is 0 Å². The van der Waals surface area contributed by atoms with Gasteiger partial charge in [0, 0.05) is 18.1 Å². The summed E-state index contributed by atoms with van der Waals surface area (Å²) in [5.41, 5.74) is 1.10. The molecular weight excluding hydrogens is 236 g/mol. The maximum Gasteiger partial charge on any atom is 0.134 e. The number of hydrogen-bond donors (Lipinski definition) is 2. The lowest BCUT2D eigenvalue weighted by Crippen LogP contribution is -2.01. The van der Waals surface area contributed by atoms with Crippen molar-refractivity contribution in [3.8, 4) is 5.75 Å². The van der Waals surface area contributed by atoms with E-state index in [9.17, 15) is 5.11 Å². The van der Waals surface area contributed by atoms with Crippen LogP contribution in [0.25, 0.3) is 10.8 Å². The summed E-state index contributed by atoms with van der Waals surface area (Å²) in [4.78, 5) is 4.38. The molecule has 0 spiro atoms. The molecule has 3 aromatic rings. The Balaban J connectivity index is 1.84. The van der Waals surface area contributed by atoms with E-state index in [4.69, 9.17) is 0 Å². The molecule has 0 fully saturated rings. The molecule has 0 amide bonds. The fourth-order valence-corrected chi connectivity index (χ4v) is 2.06. The maximum atomic E-state index is 9.25. The first-order valence-electron chi connectivity index (χ1n) is 6.18. The third-order valence-corrected chi connectivity index (χ3v) is 3.07. The lowest BCUT2D eigenvalue weighted by Gasteiger charge is -2.08. The van der Waals surface area contributed by atoms with Gasteiger partial charge in [-0.15, -0.1) is 0 Å². The number of aromatic nitrogens is 1. The molecule has 2 aromatic carbocycles. The van der Waals surface area contributed by atoms with Crippen LogP contribution in [0, 0.1) is 0 Å². The topological polar surface area (TPSA) is 45.1 Å². The summed E-state index contributed by atoms with van der Waals surface area (Å²) in [6, 6.07) is 17.3. The quantitative estimate of drug-likeness (QED) is 0.747. The molecule has 94 valence electrons. The van der Waals surface area contributed by atoms with Gasteiger partial charge >= 0.3 is 0 Å². The SMILES string of the molecule is Oc1ccc(CNc2nccc3ccccc23)cc1. The van der Waals surface area contributed by atoms with Crippen LogP contribution in [0.2, 0.25) is 0 Å². The van der Waals surface area contributed by atoms with Gasteiger partial charge in [-0.25, -0.2) is 4.98 Å². The molecule has 0 radical (unpaired) electrons. The largest absolute Gasteiger partial charge is 0.508 e. The molecule has 0 saturated carbocycles. The summed E-state index contributed by atoms with van der Waals surface area (Å²) in [7, 11) is 0. The predicted molar refractivity (Wildman–Crippen MR) is 77.2 cm³/mol. The highest BCUT2D eigenvalue weighted by Crippen LogP contribution is 2.21. The van der Waals surface area contributed by atoms with Crippen LogP contribution in [-0.2, 0) is 6.54 Å². The maximum absolute atomic E-state index is 9.25. The number of anilines is 1. The lowest BCUT2D eigenvalue weighted by atomic mass is 10.1. The van der Waals surface area contributed by atoms with Crippen LogP contribution in [0.4, 0.5) is 5.82 Å². The molecule has 1 aromatic heterocycles. The van der Waals surface area contributed by atoms with Gasteiger partial charge in [-0.1, -0.05) is 36.4 Å². The molecule has 1 heterocycles. The van der Waals surface area contributed by atoms with E-state index in [1.807, 2.05) is 36.5 Å². The Kier molecular flexibility index (Phi) is 3.02. The molecule has 0 atom stereocenters. The van der Waals surface area contributed by atoms with Crippen LogP contribution in [0.1, 0.15) is 5.56 Å². The van der Waals surface area contributed by atoms with Gasteiger partial charge in [0.05, 0.1) is 0 Å². The van der Waals surface area contributed by atoms with Crippen LogP contribution in [0.15, 0.2) is 60.8 Å². The van der Waals surface area contributed by atoms with Crippen LogP contribution in [-0.4, -0.2) is 10.1 Å². The Labute approximate surface area is 111 Å². The standard InChI is InChI=1S/C16H14N2O/c19-14-7-5-12(6-8-14)11-18-16-15-4-2-1-3-13(15)9-10-17-16/h1-10,19H,11H2,(H,17,18). The second-order valence-electron chi connectivity index (χ2n) is 4.40. The minimum Gasteiger partial charge on any atom is -0.508 e. The minimum atomic E-state index is 0.284. The van der Waals surface area contributed by atoms with Gasteiger partial charge in [-0.3, -0.25) is 0 Å². The van der Waals surface area contributed by atoms with Crippen molar-refractivity contribution in [2.24, 2.45) is 0 Å². The van der Waals surface area contributed by atoms with Crippen LogP contribution >= 0.6 is 0 Å². The van der Waals surface area contributed by atoms with Crippen molar-refractivity contribution < 1.29 is 5.11 Å². The van der Waals surface area contributed by atoms with E-state index in [0.29, 0.717) is 6.54 Å². The number of nitrogens with one attached hydrogen (secondary N) is 1. The molecule has 0 bridgehead atoms. The average Bonchev–Trinajstić information content (AvgIpc) is 2.47. The van der Waals surface area contributed by atoms with Crippen molar-refractivity contribution >= 4 is 16.6 Å². The fourth-order valence-electron chi connectivity index (χ4n) is 2.06. The van der Waals surface area contributed by atoms with E-state index < -0.39 is 0 Å². The Morgan fingerprint density at radius 1 is 0.947 bits per heavy atom. The zero-order valence-corrected chi connectivity index (χ0v) is 10.4. The zero-order chi connectivity index (χ0) is 13.1. The summed E-state index contributed by atoms with van der Waals surface area (Å²) >= 11 is 0. The molecule has 19 heavy (non-hydrogen) atoms. The first-order valence-corrected chi connectivity index (χ1v) is 6.18. The Morgan fingerprint density at radius 3 is 2.58 bits per heavy atom. The van der Waals surface area contributed by atoms with Gasteiger partial charge in [-0.05, 0) is 29.1 Å². The highest BCUT2D eigenvalue weighted by atomic mass is 16.3. The van der Waals surface area contributed by atoms with E-state index >= 15 is 0 Å². The number of phenols is 1. The van der Waals surface area contributed by atoms with Crippen molar-refractivity contribution in [1.29, 1.82) is 0 Å². The molecular formula is C16H14N2O. The van der Waals surface area contributed by atoms with Crippen molar-refractivity contribution in [2.75, 3.05) is 5.32 Å². The number of rotatable bonds is 3. The smallest absolute Gasteiger partial charge is 0.134 e. The van der Waals surface area contributed by atoms with Crippen molar-refractivity contribution in [3.63, 3.8) is 0 Å². The zero-order valence-electron chi connectivity index (χ0n) is 10.4. The van der Waals surface area contributed by atoms with Crippen molar-refractivity contribution in [2.45, 2.75) is 6.54 Å². The molecule has 3 rings (SSSR count). The Bertz CT molecular complexity index is 687. The number of nitrogens with zero attached hydrogens (tertiary/aromatic N) is 1.